The number of aromatic nitrogens is 5. The Labute approximate surface area is 179 Å². The van der Waals surface area contributed by atoms with E-state index >= 15 is 0 Å². The zero-order chi connectivity index (χ0) is 22.9. The van der Waals surface area contributed by atoms with Gasteiger partial charge >= 0.3 is 6.18 Å². The van der Waals surface area contributed by atoms with Crippen molar-refractivity contribution in [1.29, 1.82) is 0 Å². The van der Waals surface area contributed by atoms with Crippen LogP contribution in [0.15, 0.2) is 18.6 Å². The van der Waals surface area contributed by atoms with Crippen molar-refractivity contribution >= 4 is 28.7 Å². The molecule has 3 aromatic rings. The van der Waals surface area contributed by atoms with Gasteiger partial charge in [0.05, 0.1) is 30.5 Å². The van der Waals surface area contributed by atoms with Gasteiger partial charge in [0.15, 0.2) is 5.69 Å². The molecule has 3 N–H and O–H groups in total. The molecule has 4 heterocycles. The number of carbonyl (C=O) groups is 2. The molecule has 0 radical (unpaired) electrons. The number of amides is 1. The number of carbonyl (C=O) groups excluding carboxylic acids is 2. The van der Waals surface area contributed by atoms with Gasteiger partial charge in [0.2, 0.25) is 5.91 Å². The van der Waals surface area contributed by atoms with Crippen LogP contribution < -0.4 is 10.2 Å². The molecule has 10 nitrogen and oxygen atoms in total. The molecule has 0 aliphatic carbocycles. The molecule has 0 spiro atoms. The van der Waals surface area contributed by atoms with Crippen molar-refractivity contribution in [3.63, 3.8) is 0 Å². The molecule has 1 aliphatic rings. The van der Waals surface area contributed by atoms with Crippen LogP contribution in [-0.2, 0) is 13.0 Å². The molecule has 0 atom stereocenters. The van der Waals surface area contributed by atoms with E-state index in [-0.39, 0.29) is 25.3 Å². The summed E-state index contributed by atoms with van der Waals surface area (Å²) in [5.41, 5.74) is 1.46. The molecule has 170 valence electrons. The summed E-state index contributed by atoms with van der Waals surface area (Å²) in [4.78, 5) is 38.4. The SMILES string of the molecule is O=C(NCCC(F)(F)F)c1nn(C(=O)CCO)c2c1CN(c1ncnc3[nH]ccc13)CC2. The van der Waals surface area contributed by atoms with Crippen molar-refractivity contribution in [2.24, 2.45) is 0 Å². The molecule has 3 aromatic heterocycles. The first-order valence-corrected chi connectivity index (χ1v) is 9.91. The first kappa shape index (κ1) is 21.7. The van der Waals surface area contributed by atoms with E-state index in [0.29, 0.717) is 35.7 Å². The van der Waals surface area contributed by atoms with Crippen LogP contribution in [0.4, 0.5) is 19.0 Å². The van der Waals surface area contributed by atoms with Gasteiger partial charge in [0.1, 0.15) is 17.8 Å². The second-order valence-corrected chi connectivity index (χ2v) is 7.28. The molecule has 0 saturated heterocycles. The number of rotatable bonds is 6. The number of halogens is 3. The van der Waals surface area contributed by atoms with E-state index in [1.807, 2.05) is 11.0 Å². The summed E-state index contributed by atoms with van der Waals surface area (Å²) in [7, 11) is 0. The number of H-pyrrole nitrogens is 1. The minimum atomic E-state index is -4.41. The van der Waals surface area contributed by atoms with Crippen LogP contribution in [-0.4, -0.2) is 67.5 Å². The number of hydrogen-bond acceptors (Lipinski definition) is 7. The van der Waals surface area contributed by atoms with Crippen molar-refractivity contribution in [1.82, 2.24) is 30.0 Å². The number of aliphatic hydroxyl groups excluding tert-OH is 1. The zero-order valence-corrected chi connectivity index (χ0v) is 16.8. The fourth-order valence-electron chi connectivity index (χ4n) is 3.70. The van der Waals surface area contributed by atoms with Gasteiger partial charge in [0, 0.05) is 37.8 Å². The van der Waals surface area contributed by atoms with Crippen molar-refractivity contribution < 1.29 is 27.9 Å². The summed E-state index contributed by atoms with van der Waals surface area (Å²) >= 11 is 0. The van der Waals surface area contributed by atoms with Crippen molar-refractivity contribution in [2.45, 2.75) is 32.0 Å². The summed E-state index contributed by atoms with van der Waals surface area (Å²) in [6.07, 6.45) is -2.29. The lowest BCUT2D eigenvalue weighted by atomic mass is 10.0. The van der Waals surface area contributed by atoms with Crippen LogP contribution in [0, 0.1) is 0 Å². The van der Waals surface area contributed by atoms with Gasteiger partial charge in [-0.2, -0.15) is 18.3 Å². The summed E-state index contributed by atoms with van der Waals surface area (Å²) < 4.78 is 38.4. The molecule has 0 fully saturated rings. The number of anilines is 1. The van der Waals surface area contributed by atoms with Crippen molar-refractivity contribution in [3.05, 3.63) is 35.5 Å². The molecule has 0 saturated carbocycles. The molecule has 13 heteroatoms. The predicted octanol–water partition coefficient (Wildman–Crippen LogP) is 1.42. The Morgan fingerprint density at radius 2 is 2.09 bits per heavy atom. The maximum atomic E-state index is 12.6. The third-order valence-electron chi connectivity index (χ3n) is 5.16. The second kappa shape index (κ2) is 8.57. The third-order valence-corrected chi connectivity index (χ3v) is 5.16. The quantitative estimate of drug-likeness (QED) is 0.517. The molecule has 1 aliphatic heterocycles. The van der Waals surface area contributed by atoms with Crippen LogP contribution in [0.25, 0.3) is 11.0 Å². The lowest BCUT2D eigenvalue weighted by Gasteiger charge is -2.29. The van der Waals surface area contributed by atoms with Gasteiger partial charge < -0.3 is 20.3 Å². The Balaban J connectivity index is 1.66. The topological polar surface area (TPSA) is 129 Å². The van der Waals surface area contributed by atoms with Gasteiger partial charge in [-0.05, 0) is 6.07 Å². The minimum Gasteiger partial charge on any atom is -0.396 e. The van der Waals surface area contributed by atoms with E-state index < -0.39 is 31.0 Å². The van der Waals surface area contributed by atoms with Gasteiger partial charge in [-0.15, -0.1) is 0 Å². The van der Waals surface area contributed by atoms with E-state index in [2.05, 4.69) is 25.4 Å². The minimum absolute atomic E-state index is 0.113. The normalized spacial score (nSPS) is 13.9. The van der Waals surface area contributed by atoms with E-state index in [1.54, 1.807) is 6.20 Å². The first-order valence-electron chi connectivity index (χ1n) is 9.91. The summed E-state index contributed by atoms with van der Waals surface area (Å²) in [5.74, 6) is -0.668. The third kappa shape index (κ3) is 4.28. The fraction of sp³-hybridized carbons (Fsp3) is 0.421. The lowest BCUT2D eigenvalue weighted by Crippen LogP contribution is -2.34. The van der Waals surface area contributed by atoms with Crippen LogP contribution >= 0.6 is 0 Å². The standard InChI is InChI=1S/C19H20F3N7O3/c20-19(21,22)4-6-24-18(32)15-12-9-28(17-11-1-5-23-16(11)25-10-26-17)7-2-13(12)29(27-15)14(31)3-8-30/h1,5,10,30H,2-4,6-9H2,(H,24,32)(H,23,25,26). The largest absolute Gasteiger partial charge is 0.396 e. The number of nitrogens with zero attached hydrogens (tertiary/aromatic N) is 5. The molecule has 0 aromatic carbocycles. The number of hydrogen-bond donors (Lipinski definition) is 3. The van der Waals surface area contributed by atoms with Crippen LogP contribution in [0.2, 0.25) is 0 Å². The molecular formula is C19H20F3N7O3. The second-order valence-electron chi connectivity index (χ2n) is 7.28. The maximum Gasteiger partial charge on any atom is 0.390 e. The predicted molar refractivity (Wildman–Crippen MR) is 106 cm³/mol. The Kier molecular flexibility index (Phi) is 5.82. The lowest BCUT2D eigenvalue weighted by molar-refractivity contribution is -0.133. The average Bonchev–Trinajstić information content (AvgIpc) is 3.37. The monoisotopic (exact) mass is 451 g/mol. The number of aliphatic hydroxyl groups is 1. The smallest absolute Gasteiger partial charge is 0.390 e. The van der Waals surface area contributed by atoms with Crippen molar-refractivity contribution in [3.8, 4) is 0 Å². The van der Waals surface area contributed by atoms with Crippen LogP contribution in [0.5, 0.6) is 0 Å². The molecule has 0 bridgehead atoms. The first-order chi connectivity index (χ1) is 15.3. The maximum absolute atomic E-state index is 12.6. The van der Waals surface area contributed by atoms with Crippen LogP contribution in [0.1, 0.15) is 39.4 Å². The highest BCUT2D eigenvalue weighted by atomic mass is 19.4. The molecule has 32 heavy (non-hydrogen) atoms. The van der Waals surface area contributed by atoms with Crippen molar-refractivity contribution in [2.75, 3.05) is 24.6 Å². The Morgan fingerprint density at radius 3 is 2.84 bits per heavy atom. The van der Waals surface area contributed by atoms with E-state index in [9.17, 15) is 22.8 Å². The Bertz CT molecular complexity index is 1150. The summed E-state index contributed by atoms with van der Waals surface area (Å²) in [6.45, 7) is -0.341. The van der Waals surface area contributed by atoms with E-state index in [1.165, 1.54) is 6.33 Å². The summed E-state index contributed by atoms with van der Waals surface area (Å²) in [6, 6.07) is 1.82. The van der Waals surface area contributed by atoms with E-state index in [0.717, 1.165) is 10.1 Å². The highest BCUT2D eigenvalue weighted by molar-refractivity contribution is 5.95. The number of alkyl halides is 3. The average molecular weight is 451 g/mol. The fourth-order valence-corrected chi connectivity index (χ4v) is 3.70. The highest BCUT2D eigenvalue weighted by Crippen LogP contribution is 2.30. The highest BCUT2D eigenvalue weighted by Gasteiger charge is 2.32. The van der Waals surface area contributed by atoms with Gasteiger partial charge in [-0.25, -0.2) is 14.6 Å². The Morgan fingerprint density at radius 1 is 1.28 bits per heavy atom. The molecule has 4 rings (SSSR count). The number of nitrogens with one attached hydrogen (secondary N) is 2. The molecular weight excluding hydrogens is 431 g/mol. The zero-order valence-electron chi connectivity index (χ0n) is 16.8. The van der Waals surface area contributed by atoms with E-state index in [4.69, 9.17) is 5.11 Å². The van der Waals surface area contributed by atoms with Gasteiger partial charge in [0.25, 0.3) is 5.91 Å². The Hall–Kier alpha value is -3.48. The summed E-state index contributed by atoms with van der Waals surface area (Å²) in [5, 5.41) is 16.2. The van der Waals surface area contributed by atoms with Gasteiger partial charge in [-0.3, -0.25) is 9.59 Å². The number of aromatic amines is 1. The molecule has 1 amide bonds. The number of fused-ring (bicyclic) bond motifs is 2. The van der Waals surface area contributed by atoms with Gasteiger partial charge in [-0.1, -0.05) is 0 Å². The van der Waals surface area contributed by atoms with Crippen LogP contribution in [0.3, 0.4) is 0 Å². The molecule has 0 unspecified atom stereocenters.